The van der Waals surface area contributed by atoms with E-state index < -0.39 is 29.1 Å². The van der Waals surface area contributed by atoms with Crippen molar-refractivity contribution in [1.29, 1.82) is 0 Å². The molecule has 0 fully saturated rings. The monoisotopic (exact) mass is 494 g/mol. The topological polar surface area (TPSA) is 116 Å². The van der Waals surface area contributed by atoms with Gasteiger partial charge in [-0.25, -0.2) is 0 Å². The molecular formula is C14H12Br2N2O6S. The number of rotatable bonds is 4. The van der Waals surface area contributed by atoms with E-state index in [2.05, 4.69) is 37.0 Å². The number of halogens is 2. The molecule has 25 heavy (non-hydrogen) atoms. The lowest BCUT2D eigenvalue weighted by molar-refractivity contribution is -0.385. The molecule has 0 bridgehead atoms. The average molecular weight is 496 g/mol. The van der Waals surface area contributed by atoms with Crippen LogP contribution >= 0.6 is 31.9 Å². The standard InChI is InChI=1S/C14H12Br2N2O6S/c1-8-6-11(19)12(15)14(2,16)13(8)17-24-25(22,23)10-5-3-4-9(7-10)18(20)21/h3-7,12H,1-2H3/b17-13-/t12-,14-/m0/s1. The summed E-state index contributed by atoms with van der Waals surface area (Å²) in [7, 11) is -4.36. The molecule has 2 rings (SSSR count). The van der Waals surface area contributed by atoms with Crippen molar-refractivity contribution in [2.75, 3.05) is 0 Å². The average Bonchev–Trinajstić information content (AvgIpc) is 2.52. The molecule has 0 unspecified atom stereocenters. The Balaban J connectivity index is 2.40. The molecule has 0 aliphatic heterocycles. The third-order valence-corrected chi connectivity index (χ3v) is 7.38. The number of hydrogen-bond acceptors (Lipinski definition) is 7. The minimum atomic E-state index is -4.36. The first kappa shape index (κ1) is 19.7. The molecule has 0 amide bonds. The Morgan fingerprint density at radius 1 is 1.40 bits per heavy atom. The third kappa shape index (κ3) is 3.98. The summed E-state index contributed by atoms with van der Waals surface area (Å²) in [5.74, 6) is -0.197. The Morgan fingerprint density at radius 2 is 2.04 bits per heavy atom. The van der Waals surface area contributed by atoms with Gasteiger partial charge < -0.3 is 0 Å². The van der Waals surface area contributed by atoms with E-state index in [9.17, 15) is 23.3 Å². The first-order valence-corrected chi connectivity index (χ1v) is 9.90. The summed E-state index contributed by atoms with van der Waals surface area (Å²) in [5.41, 5.74) is 0.264. The molecule has 11 heteroatoms. The normalized spacial score (nSPS) is 25.6. The Bertz CT molecular complexity index is 908. The molecule has 0 saturated heterocycles. The molecule has 2 atom stereocenters. The highest BCUT2D eigenvalue weighted by Gasteiger charge is 2.44. The molecule has 1 aromatic carbocycles. The Morgan fingerprint density at radius 3 is 2.64 bits per heavy atom. The summed E-state index contributed by atoms with van der Waals surface area (Å²) in [6.45, 7) is 3.24. The summed E-state index contributed by atoms with van der Waals surface area (Å²) in [6.07, 6.45) is 1.32. The van der Waals surface area contributed by atoms with Crippen LogP contribution in [-0.4, -0.2) is 34.0 Å². The lowest BCUT2D eigenvalue weighted by Gasteiger charge is -2.31. The number of hydrogen-bond donors (Lipinski definition) is 0. The number of nitrogens with zero attached hydrogens (tertiary/aromatic N) is 2. The van der Waals surface area contributed by atoms with Crippen LogP contribution < -0.4 is 0 Å². The van der Waals surface area contributed by atoms with Crippen LogP contribution in [0.3, 0.4) is 0 Å². The van der Waals surface area contributed by atoms with E-state index in [1.807, 2.05) is 0 Å². The number of carbonyl (C=O) groups is 1. The first-order valence-electron chi connectivity index (χ1n) is 6.79. The molecule has 1 aromatic rings. The molecule has 0 saturated carbocycles. The fourth-order valence-electron chi connectivity index (χ4n) is 2.17. The number of allylic oxidation sites excluding steroid dienone is 2. The summed E-state index contributed by atoms with van der Waals surface area (Å²) in [6, 6.07) is 4.43. The zero-order valence-corrected chi connectivity index (χ0v) is 17.0. The molecule has 0 aromatic heterocycles. The number of nitro groups is 1. The van der Waals surface area contributed by atoms with Crippen molar-refractivity contribution in [1.82, 2.24) is 0 Å². The van der Waals surface area contributed by atoms with E-state index in [4.69, 9.17) is 4.28 Å². The van der Waals surface area contributed by atoms with Crippen LogP contribution in [-0.2, 0) is 19.2 Å². The van der Waals surface area contributed by atoms with Crippen LogP contribution in [0.1, 0.15) is 13.8 Å². The van der Waals surface area contributed by atoms with Gasteiger partial charge in [-0.1, -0.05) is 43.1 Å². The van der Waals surface area contributed by atoms with Crippen LogP contribution in [0.15, 0.2) is 46.0 Å². The lowest BCUT2D eigenvalue weighted by Crippen LogP contribution is -2.46. The maximum Gasteiger partial charge on any atom is 0.358 e. The molecule has 0 N–H and O–H groups in total. The number of ketones is 1. The highest BCUT2D eigenvalue weighted by Crippen LogP contribution is 2.37. The predicted molar refractivity (Wildman–Crippen MR) is 97.6 cm³/mol. The predicted octanol–water partition coefficient (Wildman–Crippen LogP) is 3.10. The SMILES string of the molecule is CC1=CC(=O)[C@H](Br)[C@](C)(Br)/C1=N\OS(=O)(=O)c1cccc([N+](=O)[O-])c1. The largest absolute Gasteiger partial charge is 0.358 e. The second-order valence-corrected chi connectivity index (χ2v) is 9.48. The maximum absolute atomic E-state index is 12.2. The van der Waals surface area contributed by atoms with Crippen LogP contribution in [0, 0.1) is 10.1 Å². The Labute approximate surface area is 160 Å². The quantitative estimate of drug-likeness (QED) is 0.360. The van der Waals surface area contributed by atoms with Gasteiger partial charge in [0.05, 0.1) is 14.1 Å². The molecule has 8 nitrogen and oxygen atoms in total. The van der Waals surface area contributed by atoms with Gasteiger partial charge in [-0.2, -0.15) is 8.42 Å². The van der Waals surface area contributed by atoms with E-state index in [-0.39, 0.29) is 17.2 Å². The van der Waals surface area contributed by atoms with Crippen molar-refractivity contribution in [3.63, 3.8) is 0 Å². The Kier molecular flexibility index (Phi) is 5.50. The lowest BCUT2D eigenvalue weighted by atomic mass is 9.88. The highest BCUT2D eigenvalue weighted by atomic mass is 79.9. The molecule has 1 aliphatic rings. The van der Waals surface area contributed by atoms with Crippen molar-refractivity contribution < 1.29 is 22.4 Å². The number of carbonyl (C=O) groups excluding carboxylic acids is 1. The zero-order valence-electron chi connectivity index (χ0n) is 13.0. The van der Waals surface area contributed by atoms with Crippen LogP contribution in [0.5, 0.6) is 0 Å². The number of non-ortho nitro benzene ring substituents is 1. The minimum Gasteiger partial charge on any atom is -0.294 e. The van der Waals surface area contributed by atoms with Crippen LogP contribution in [0.2, 0.25) is 0 Å². The number of alkyl halides is 2. The summed E-state index contributed by atoms with van der Waals surface area (Å²) in [4.78, 5) is 20.9. The van der Waals surface area contributed by atoms with Gasteiger partial charge >= 0.3 is 10.1 Å². The Hall–Kier alpha value is -1.59. The van der Waals surface area contributed by atoms with E-state index >= 15 is 0 Å². The smallest absolute Gasteiger partial charge is 0.294 e. The first-order chi connectivity index (χ1) is 11.5. The molecule has 0 radical (unpaired) electrons. The van der Waals surface area contributed by atoms with Crippen molar-refractivity contribution in [3.05, 3.63) is 46.0 Å². The molecule has 0 spiro atoms. The van der Waals surface area contributed by atoms with E-state index in [0.717, 1.165) is 18.2 Å². The van der Waals surface area contributed by atoms with E-state index in [1.165, 1.54) is 12.1 Å². The van der Waals surface area contributed by atoms with Crippen molar-refractivity contribution >= 4 is 59.2 Å². The van der Waals surface area contributed by atoms with Gasteiger partial charge in [-0.05, 0) is 31.6 Å². The van der Waals surface area contributed by atoms with Crippen molar-refractivity contribution in [2.45, 2.75) is 27.9 Å². The molecule has 1 aliphatic carbocycles. The van der Waals surface area contributed by atoms with E-state index in [1.54, 1.807) is 13.8 Å². The van der Waals surface area contributed by atoms with Gasteiger partial charge in [0.1, 0.15) is 10.6 Å². The van der Waals surface area contributed by atoms with Gasteiger partial charge in [0.2, 0.25) is 0 Å². The molecule has 0 heterocycles. The minimum absolute atomic E-state index is 0.197. The zero-order chi connectivity index (χ0) is 19.0. The van der Waals surface area contributed by atoms with Gasteiger partial charge in [0.15, 0.2) is 5.78 Å². The number of nitro benzene ring substituents is 1. The van der Waals surface area contributed by atoms with Gasteiger partial charge in [-0.15, -0.1) is 0 Å². The molecular weight excluding hydrogens is 484 g/mol. The maximum atomic E-state index is 12.2. The molecule has 134 valence electrons. The highest BCUT2D eigenvalue weighted by molar-refractivity contribution is 9.13. The second-order valence-electron chi connectivity index (χ2n) is 5.39. The fourth-order valence-corrected chi connectivity index (χ4v) is 3.90. The van der Waals surface area contributed by atoms with E-state index in [0.29, 0.717) is 5.57 Å². The third-order valence-electron chi connectivity index (χ3n) is 3.46. The summed E-state index contributed by atoms with van der Waals surface area (Å²) >= 11 is 6.59. The van der Waals surface area contributed by atoms with Crippen LogP contribution in [0.25, 0.3) is 0 Å². The van der Waals surface area contributed by atoms with Gasteiger partial charge in [0.25, 0.3) is 5.69 Å². The second kappa shape index (κ2) is 6.96. The van der Waals surface area contributed by atoms with Gasteiger partial charge in [-0.3, -0.25) is 19.2 Å². The van der Waals surface area contributed by atoms with Crippen LogP contribution in [0.4, 0.5) is 5.69 Å². The fraction of sp³-hybridized carbons (Fsp3) is 0.286. The number of benzene rings is 1. The summed E-state index contributed by atoms with van der Waals surface area (Å²) in [5, 5.41) is 14.5. The van der Waals surface area contributed by atoms with Crippen molar-refractivity contribution in [2.24, 2.45) is 5.16 Å². The summed E-state index contributed by atoms with van der Waals surface area (Å²) < 4.78 is 28.2. The number of oxime groups is 1. The van der Waals surface area contributed by atoms with Gasteiger partial charge in [0, 0.05) is 12.1 Å². The van der Waals surface area contributed by atoms with Crippen molar-refractivity contribution in [3.8, 4) is 0 Å².